The summed E-state index contributed by atoms with van der Waals surface area (Å²) in [6, 6.07) is 9.09. The normalized spacial score (nSPS) is 11.6. The predicted molar refractivity (Wildman–Crippen MR) is 92.6 cm³/mol. The second-order valence-electron chi connectivity index (χ2n) is 5.72. The van der Waals surface area contributed by atoms with Gasteiger partial charge in [-0.05, 0) is 23.6 Å². The molecule has 2 rings (SSSR count). The summed E-state index contributed by atoms with van der Waals surface area (Å²) < 4.78 is 5.28. The highest BCUT2D eigenvalue weighted by molar-refractivity contribution is 5.92. The molecule has 0 unspecified atom stereocenters. The molecule has 0 radical (unpaired) electrons. The molecular weight excluding hydrogens is 306 g/mol. The molecule has 7 nitrogen and oxygen atoms in total. The minimum absolute atomic E-state index is 0.331. The molecular formula is C17H23N5O2. The number of guanidine groups is 1. The van der Waals surface area contributed by atoms with Crippen LogP contribution in [0.1, 0.15) is 47.1 Å². The van der Waals surface area contributed by atoms with Crippen LogP contribution < -0.4 is 16.4 Å². The standard InChI is InChI=1S/C17H23N5O2/c1-11(2)15-8-14(24-22-15)10-21-17(19-3)20-9-12-5-4-6-13(7-12)16(18)23/h4-8,11H,9-10H2,1-3H3,(H2,18,23)(H2,19,20,21). The van der Waals surface area contributed by atoms with E-state index in [1.807, 2.05) is 12.1 Å². The fourth-order valence-corrected chi connectivity index (χ4v) is 2.10. The third-order valence-corrected chi connectivity index (χ3v) is 3.49. The van der Waals surface area contributed by atoms with E-state index >= 15 is 0 Å². The van der Waals surface area contributed by atoms with Gasteiger partial charge in [-0.2, -0.15) is 0 Å². The van der Waals surface area contributed by atoms with Crippen molar-refractivity contribution in [1.82, 2.24) is 15.8 Å². The fourth-order valence-electron chi connectivity index (χ4n) is 2.10. The van der Waals surface area contributed by atoms with Crippen LogP contribution >= 0.6 is 0 Å². The zero-order valence-corrected chi connectivity index (χ0v) is 14.2. The number of hydrogen-bond donors (Lipinski definition) is 3. The number of aromatic nitrogens is 1. The first-order chi connectivity index (χ1) is 11.5. The molecule has 0 atom stereocenters. The second kappa shape index (κ2) is 8.14. The minimum Gasteiger partial charge on any atom is -0.366 e. The molecule has 1 heterocycles. The number of benzene rings is 1. The van der Waals surface area contributed by atoms with E-state index in [1.54, 1.807) is 25.2 Å². The highest BCUT2D eigenvalue weighted by atomic mass is 16.5. The van der Waals surface area contributed by atoms with Gasteiger partial charge in [-0.3, -0.25) is 9.79 Å². The van der Waals surface area contributed by atoms with Crippen molar-refractivity contribution in [2.75, 3.05) is 7.05 Å². The van der Waals surface area contributed by atoms with Crippen molar-refractivity contribution in [2.24, 2.45) is 10.7 Å². The monoisotopic (exact) mass is 329 g/mol. The van der Waals surface area contributed by atoms with E-state index < -0.39 is 5.91 Å². The van der Waals surface area contributed by atoms with Gasteiger partial charge in [0, 0.05) is 25.2 Å². The number of nitrogens with two attached hydrogens (primary N) is 1. The lowest BCUT2D eigenvalue weighted by molar-refractivity contribution is 0.1000. The molecule has 0 aliphatic rings. The smallest absolute Gasteiger partial charge is 0.248 e. The Labute approximate surface area is 141 Å². The quantitative estimate of drug-likeness (QED) is 0.553. The van der Waals surface area contributed by atoms with Crippen molar-refractivity contribution < 1.29 is 9.32 Å². The van der Waals surface area contributed by atoms with E-state index in [9.17, 15) is 4.79 Å². The first-order valence-corrected chi connectivity index (χ1v) is 7.78. The first-order valence-electron chi connectivity index (χ1n) is 7.78. The molecule has 0 bridgehead atoms. The Morgan fingerprint density at radius 3 is 2.67 bits per heavy atom. The molecule has 0 spiro atoms. The Morgan fingerprint density at radius 1 is 1.29 bits per heavy atom. The number of carbonyl (C=O) groups excluding carboxylic acids is 1. The molecule has 1 amide bonds. The highest BCUT2D eigenvalue weighted by Gasteiger charge is 2.08. The van der Waals surface area contributed by atoms with E-state index in [2.05, 4.69) is 34.6 Å². The molecule has 0 saturated carbocycles. The van der Waals surface area contributed by atoms with Gasteiger partial charge < -0.3 is 20.9 Å². The van der Waals surface area contributed by atoms with E-state index in [0.717, 1.165) is 17.0 Å². The van der Waals surface area contributed by atoms with Gasteiger partial charge in [0.15, 0.2) is 11.7 Å². The van der Waals surface area contributed by atoms with Crippen LogP contribution in [0.15, 0.2) is 39.8 Å². The summed E-state index contributed by atoms with van der Waals surface area (Å²) in [5, 5.41) is 10.4. The largest absolute Gasteiger partial charge is 0.366 e. The predicted octanol–water partition coefficient (Wildman–Crippen LogP) is 1.76. The van der Waals surface area contributed by atoms with E-state index in [0.29, 0.717) is 30.5 Å². The minimum atomic E-state index is -0.439. The SMILES string of the molecule is CN=C(NCc1cccc(C(N)=O)c1)NCc1cc(C(C)C)no1. The molecule has 4 N–H and O–H groups in total. The van der Waals surface area contributed by atoms with Crippen LogP contribution in [0.25, 0.3) is 0 Å². The molecule has 1 aromatic heterocycles. The van der Waals surface area contributed by atoms with Crippen molar-refractivity contribution in [3.05, 3.63) is 52.9 Å². The van der Waals surface area contributed by atoms with Crippen LogP contribution in [0.2, 0.25) is 0 Å². The molecule has 24 heavy (non-hydrogen) atoms. The Kier molecular flexibility index (Phi) is 5.95. The molecule has 2 aromatic rings. The Hall–Kier alpha value is -2.83. The van der Waals surface area contributed by atoms with Crippen molar-refractivity contribution >= 4 is 11.9 Å². The number of amides is 1. The third kappa shape index (κ3) is 4.84. The topological polar surface area (TPSA) is 106 Å². The fraction of sp³-hybridized carbons (Fsp3) is 0.353. The molecule has 7 heteroatoms. The van der Waals surface area contributed by atoms with Crippen molar-refractivity contribution in [2.45, 2.75) is 32.9 Å². The maximum absolute atomic E-state index is 11.2. The van der Waals surface area contributed by atoms with Gasteiger partial charge in [0.25, 0.3) is 0 Å². The van der Waals surface area contributed by atoms with Gasteiger partial charge in [-0.15, -0.1) is 0 Å². The van der Waals surface area contributed by atoms with Gasteiger partial charge in [0.05, 0.1) is 12.2 Å². The number of hydrogen-bond acceptors (Lipinski definition) is 4. The molecule has 0 fully saturated rings. The third-order valence-electron chi connectivity index (χ3n) is 3.49. The molecule has 0 aliphatic heterocycles. The van der Waals surface area contributed by atoms with Gasteiger partial charge in [0.1, 0.15) is 0 Å². The maximum atomic E-state index is 11.2. The second-order valence-corrected chi connectivity index (χ2v) is 5.72. The zero-order chi connectivity index (χ0) is 17.5. The summed E-state index contributed by atoms with van der Waals surface area (Å²) in [7, 11) is 1.69. The zero-order valence-electron chi connectivity index (χ0n) is 14.2. The van der Waals surface area contributed by atoms with Crippen LogP contribution in [0.4, 0.5) is 0 Å². The van der Waals surface area contributed by atoms with Crippen LogP contribution in [-0.2, 0) is 13.1 Å². The van der Waals surface area contributed by atoms with Gasteiger partial charge in [-0.25, -0.2) is 0 Å². The number of nitrogens with zero attached hydrogens (tertiary/aromatic N) is 2. The average Bonchev–Trinajstić information content (AvgIpc) is 3.04. The Morgan fingerprint density at radius 2 is 2.04 bits per heavy atom. The Bertz CT molecular complexity index is 721. The van der Waals surface area contributed by atoms with Gasteiger partial charge in [0.2, 0.25) is 5.91 Å². The number of rotatable bonds is 6. The maximum Gasteiger partial charge on any atom is 0.248 e. The average molecular weight is 329 g/mol. The summed E-state index contributed by atoms with van der Waals surface area (Å²) in [5.41, 5.74) is 7.64. The van der Waals surface area contributed by atoms with E-state index in [4.69, 9.17) is 10.3 Å². The number of carbonyl (C=O) groups is 1. The molecule has 1 aromatic carbocycles. The lowest BCUT2D eigenvalue weighted by Crippen LogP contribution is -2.36. The van der Waals surface area contributed by atoms with Crippen LogP contribution in [0, 0.1) is 0 Å². The van der Waals surface area contributed by atoms with Crippen molar-refractivity contribution in [3.63, 3.8) is 0 Å². The summed E-state index contributed by atoms with van der Waals surface area (Å²) in [6.45, 7) is 5.14. The van der Waals surface area contributed by atoms with Gasteiger partial charge >= 0.3 is 0 Å². The first kappa shape index (κ1) is 17.5. The van der Waals surface area contributed by atoms with Crippen LogP contribution in [-0.4, -0.2) is 24.1 Å². The van der Waals surface area contributed by atoms with Crippen molar-refractivity contribution in [1.29, 1.82) is 0 Å². The molecule has 128 valence electrons. The number of primary amides is 1. The van der Waals surface area contributed by atoms with Crippen LogP contribution in [0.5, 0.6) is 0 Å². The summed E-state index contributed by atoms with van der Waals surface area (Å²) in [6.07, 6.45) is 0. The van der Waals surface area contributed by atoms with Crippen LogP contribution in [0.3, 0.4) is 0 Å². The van der Waals surface area contributed by atoms with Gasteiger partial charge in [-0.1, -0.05) is 31.1 Å². The summed E-state index contributed by atoms with van der Waals surface area (Å²) in [5.74, 6) is 1.27. The van der Waals surface area contributed by atoms with E-state index in [-0.39, 0.29) is 0 Å². The van der Waals surface area contributed by atoms with E-state index in [1.165, 1.54) is 0 Å². The lowest BCUT2D eigenvalue weighted by Gasteiger charge is -2.11. The summed E-state index contributed by atoms with van der Waals surface area (Å²) >= 11 is 0. The lowest BCUT2D eigenvalue weighted by atomic mass is 10.1. The highest BCUT2D eigenvalue weighted by Crippen LogP contribution is 2.13. The molecule has 0 aliphatic carbocycles. The number of aliphatic imine (C=N–C) groups is 1. The Balaban J connectivity index is 1.88. The number of nitrogens with one attached hydrogen (secondary N) is 2. The van der Waals surface area contributed by atoms with Crippen molar-refractivity contribution in [3.8, 4) is 0 Å². The summed E-state index contributed by atoms with van der Waals surface area (Å²) in [4.78, 5) is 15.4. The molecule has 0 saturated heterocycles.